The zero-order valence-electron chi connectivity index (χ0n) is 64.5. The lowest BCUT2D eigenvalue weighted by Gasteiger charge is -2.20. The lowest BCUT2D eigenvalue weighted by molar-refractivity contribution is 0.234. The molecule has 5 heterocycles. The Morgan fingerprint density at radius 3 is 0.690 bits per heavy atom. The topological polar surface area (TPSA) is 112 Å². The Morgan fingerprint density at radius 1 is 0.240 bits per heavy atom. The third-order valence-corrected chi connectivity index (χ3v) is 20.4. The summed E-state index contributed by atoms with van der Waals surface area (Å²) in [5, 5.41) is 0. The van der Waals surface area contributed by atoms with Crippen molar-refractivity contribution in [3.05, 3.63) is 118 Å². The van der Waals surface area contributed by atoms with Gasteiger partial charge in [0.1, 0.15) is 0 Å². The molecule has 0 radical (unpaired) electrons. The number of nitrogens with one attached hydrogen (secondary N) is 2. The highest BCUT2D eigenvalue weighted by Crippen LogP contribution is 2.46. The number of hydrogen-bond donors (Lipinski definition) is 2. The molecule has 3 aliphatic rings. The van der Waals surface area contributed by atoms with E-state index in [1.165, 1.54) is 231 Å². The number of unbranched alkanes of at least 4 members (excludes halogenated alkanes) is 42. The van der Waals surface area contributed by atoms with Crippen molar-refractivity contribution in [1.82, 2.24) is 9.97 Å². The van der Waals surface area contributed by atoms with Crippen LogP contribution in [0.5, 0.6) is 34.5 Å². The first-order valence-corrected chi connectivity index (χ1v) is 42.0. The molecule has 0 spiro atoms. The smallest absolute Gasteiger partial charge is 0.203 e. The maximum absolute atomic E-state index is 6.97. The molecule has 0 fully saturated rings. The molecule has 7 rings (SSSR count). The van der Waals surface area contributed by atoms with Crippen molar-refractivity contribution in [3.8, 4) is 34.5 Å². The third kappa shape index (κ3) is 29.8. The van der Waals surface area contributed by atoms with E-state index in [0.717, 1.165) is 179 Å². The number of H-pyrrole nitrogens is 2. The molecule has 0 atom stereocenters. The molecule has 0 amide bonds. The second kappa shape index (κ2) is 51.3. The third-order valence-electron chi connectivity index (χ3n) is 20.4. The lowest BCUT2D eigenvalue weighted by Crippen LogP contribution is -2.08. The maximum Gasteiger partial charge on any atom is 0.203 e. The van der Waals surface area contributed by atoms with Gasteiger partial charge in [0.25, 0.3) is 0 Å². The van der Waals surface area contributed by atoms with E-state index in [2.05, 4.69) is 124 Å². The van der Waals surface area contributed by atoms with Gasteiger partial charge in [-0.15, -0.1) is 0 Å². The fourth-order valence-electron chi connectivity index (χ4n) is 14.2. The van der Waals surface area contributed by atoms with Crippen LogP contribution in [0.1, 0.15) is 384 Å². The molecule has 8 bridgehead atoms. The Balaban J connectivity index is 1.25. The quantitative estimate of drug-likeness (QED) is 0.0426. The Hall–Kier alpha value is -5.90. The van der Waals surface area contributed by atoms with E-state index in [4.69, 9.17) is 38.4 Å². The molecule has 10 nitrogen and oxygen atoms in total. The lowest BCUT2D eigenvalue weighted by atomic mass is 9.99. The van der Waals surface area contributed by atoms with Crippen LogP contribution in [0.25, 0.3) is 11.1 Å². The van der Waals surface area contributed by atoms with Crippen molar-refractivity contribution in [3.63, 3.8) is 0 Å². The Labute approximate surface area is 609 Å². The fourth-order valence-corrected chi connectivity index (χ4v) is 14.2. The predicted octanol–water partition coefficient (Wildman–Crippen LogP) is 27.4. The van der Waals surface area contributed by atoms with Crippen molar-refractivity contribution in [2.75, 3.05) is 39.6 Å². The number of aromatic nitrogens is 2. The molecular weight excluding hydrogens is 1230 g/mol. The van der Waals surface area contributed by atoms with Crippen LogP contribution in [0.2, 0.25) is 0 Å². The van der Waals surface area contributed by atoms with Crippen LogP contribution in [0.3, 0.4) is 0 Å². The first kappa shape index (κ1) is 81.4. The van der Waals surface area contributed by atoms with Crippen LogP contribution in [0, 0.1) is 0 Å². The first-order valence-electron chi connectivity index (χ1n) is 42.0. The van der Waals surface area contributed by atoms with Gasteiger partial charge in [0.15, 0.2) is 23.0 Å². The Bertz CT molecular complexity index is 2750. The SMILES string of the molecule is CCCCCCCCCCOc1cc(C2=C3C=CC(=N3)c3ccc([nH]3)C(c3cc(OCCCCCCCCCC)c(OCCCCCCCCCC)c(OCCCCCCCCCC)c3)=C3C=CC(=N3)c3ccc2[nH]3)cc(OCCCCCCCCCC)c1OCCCCCCCCCC. The van der Waals surface area contributed by atoms with Crippen LogP contribution in [0.15, 0.2) is 94.2 Å². The predicted molar refractivity (Wildman–Crippen MR) is 426 cm³/mol. The standard InChI is InChI=1S/C90H140N4O6/c1-7-13-19-25-31-37-43-49-63-95-83-69-73(70-84(96-64-50-44-38-32-26-20-14-8-2)89(83)99-67-53-47-41-35-29-23-17-11-5)87-79-59-55-75(91-79)77-57-61-81(93-77)88(82-62-58-78(94-82)76-56-60-80(87)92-76)74-71-85(97-65-51-45-39-33-27-21-15-9-3)90(100-68-54-48-42-36-30-24-18-12-6)86(72-74)98-66-52-46-40-34-28-22-16-10-4/h55-62,69-72,91,94H,7-54,63-68H2,1-6H3. The van der Waals surface area contributed by atoms with Gasteiger partial charge in [-0.3, -0.25) is 0 Å². The van der Waals surface area contributed by atoms with E-state index in [1.807, 2.05) is 0 Å². The van der Waals surface area contributed by atoms with Gasteiger partial charge in [-0.2, -0.15) is 0 Å². The number of benzene rings is 2. The van der Waals surface area contributed by atoms with Gasteiger partial charge in [-0.1, -0.05) is 311 Å². The molecule has 2 aromatic carbocycles. The number of rotatable bonds is 62. The summed E-state index contributed by atoms with van der Waals surface area (Å²) in [7, 11) is 0. The second-order valence-electron chi connectivity index (χ2n) is 29.3. The van der Waals surface area contributed by atoms with Gasteiger partial charge in [-0.25, -0.2) is 9.98 Å². The summed E-state index contributed by atoms with van der Waals surface area (Å²) < 4.78 is 41.7. The van der Waals surface area contributed by atoms with Crippen LogP contribution in [-0.2, 0) is 0 Å². The molecule has 0 aliphatic carbocycles. The number of allylic oxidation sites excluding steroid dienone is 4. The summed E-state index contributed by atoms with van der Waals surface area (Å²) in [6, 6.07) is 17.5. The van der Waals surface area contributed by atoms with Crippen molar-refractivity contribution in [2.24, 2.45) is 9.98 Å². The number of fused-ring (bicyclic) bond motifs is 8. The number of ether oxygens (including phenoxy) is 6. The van der Waals surface area contributed by atoms with E-state index in [-0.39, 0.29) is 0 Å². The molecule has 2 N–H and O–H groups in total. The highest BCUT2D eigenvalue weighted by molar-refractivity contribution is 6.13. The van der Waals surface area contributed by atoms with E-state index in [1.54, 1.807) is 0 Å². The van der Waals surface area contributed by atoms with E-state index >= 15 is 0 Å². The van der Waals surface area contributed by atoms with Crippen molar-refractivity contribution in [2.45, 2.75) is 350 Å². The van der Waals surface area contributed by atoms with Crippen molar-refractivity contribution < 1.29 is 28.4 Å². The van der Waals surface area contributed by atoms with Crippen LogP contribution in [0.4, 0.5) is 0 Å². The molecule has 0 saturated carbocycles. The molecule has 4 aromatic rings. The molecule has 2 aromatic heterocycles. The van der Waals surface area contributed by atoms with Gasteiger partial charge in [0.05, 0.1) is 73.8 Å². The molecule has 556 valence electrons. The summed E-state index contributed by atoms with van der Waals surface area (Å²) in [6.45, 7) is 17.4. The van der Waals surface area contributed by atoms with Crippen molar-refractivity contribution in [1.29, 1.82) is 0 Å². The first-order chi connectivity index (χ1) is 49.5. The van der Waals surface area contributed by atoms with Gasteiger partial charge in [0.2, 0.25) is 11.5 Å². The highest BCUT2D eigenvalue weighted by Gasteiger charge is 2.27. The molecule has 10 heteroatoms. The van der Waals surface area contributed by atoms with E-state index in [0.29, 0.717) is 39.6 Å². The second-order valence-corrected chi connectivity index (χ2v) is 29.3. The van der Waals surface area contributed by atoms with E-state index < -0.39 is 0 Å². The monoisotopic (exact) mass is 1370 g/mol. The van der Waals surface area contributed by atoms with Gasteiger partial charge < -0.3 is 38.4 Å². The van der Waals surface area contributed by atoms with Gasteiger partial charge in [-0.05, 0) is 122 Å². The minimum absolute atomic E-state index is 0.614. The molecule has 0 saturated heterocycles. The highest BCUT2D eigenvalue weighted by atomic mass is 16.5. The average Bonchev–Trinajstić information content (AvgIpc) is 1.54. The molecular formula is C90H140N4O6. The Morgan fingerprint density at radius 2 is 0.450 bits per heavy atom. The summed E-state index contributed by atoms with van der Waals surface area (Å²) in [5.41, 5.74) is 11.0. The minimum Gasteiger partial charge on any atom is -0.490 e. The number of hydrogen-bond acceptors (Lipinski definition) is 8. The normalized spacial score (nSPS) is 13.2. The average molecular weight is 1370 g/mol. The van der Waals surface area contributed by atoms with E-state index in [9.17, 15) is 0 Å². The molecule has 3 aliphatic heterocycles. The maximum atomic E-state index is 6.97. The summed E-state index contributed by atoms with van der Waals surface area (Å²) >= 11 is 0. The Kier molecular flexibility index (Phi) is 41.7. The van der Waals surface area contributed by atoms with Crippen LogP contribution in [-0.4, -0.2) is 61.0 Å². The zero-order chi connectivity index (χ0) is 70.1. The largest absolute Gasteiger partial charge is 0.490 e. The number of aliphatic imine (C=N–C) groups is 2. The number of nitrogens with zero attached hydrogens (tertiary/aromatic N) is 2. The van der Waals surface area contributed by atoms with Gasteiger partial charge >= 0.3 is 0 Å². The van der Waals surface area contributed by atoms with Crippen molar-refractivity contribution >= 4 is 22.6 Å². The minimum atomic E-state index is 0.614. The molecule has 0 unspecified atom stereocenters. The number of aromatic amines is 2. The summed E-state index contributed by atoms with van der Waals surface area (Å²) in [4.78, 5) is 18.9. The van der Waals surface area contributed by atoms with Crippen LogP contribution < -0.4 is 28.4 Å². The summed E-state index contributed by atoms with van der Waals surface area (Å²) in [6.07, 6.45) is 68.0. The molecule has 100 heavy (non-hydrogen) atoms. The zero-order valence-corrected chi connectivity index (χ0v) is 64.5. The van der Waals surface area contributed by atoms with Crippen LogP contribution >= 0.6 is 0 Å². The van der Waals surface area contributed by atoms with Gasteiger partial charge in [0, 0.05) is 22.5 Å². The summed E-state index contributed by atoms with van der Waals surface area (Å²) in [5.74, 6) is 4.40. The fraction of sp³-hybridized carbons (Fsp3) is 0.667.